The maximum absolute atomic E-state index is 11.1. The quantitative estimate of drug-likeness (QED) is 0.917. The molecule has 0 spiro atoms. The number of rotatable bonds is 5. The Morgan fingerprint density at radius 1 is 1.50 bits per heavy atom. The molecule has 0 bridgehead atoms. The van der Waals surface area contributed by atoms with Gasteiger partial charge in [0.05, 0.1) is 13.3 Å². The van der Waals surface area contributed by atoms with Gasteiger partial charge >= 0.3 is 5.97 Å². The smallest absolute Gasteiger partial charge is 0.339 e. The molecule has 2 rings (SSSR count). The predicted molar refractivity (Wildman–Crippen MR) is 72.5 cm³/mol. The third-order valence-corrected chi connectivity index (χ3v) is 3.15. The Labute approximate surface area is 120 Å². The standard InChI is InChI=1S/C13H13ClN2O4/c1-16-11(14)6-15-12(16)7-20-10-5-8(19-2)3-4-9(10)13(17)18/h3-6H,7H2,1-2H3,(H,17,18). The number of hydrogen-bond acceptors (Lipinski definition) is 4. The fraction of sp³-hybridized carbons (Fsp3) is 0.231. The first-order chi connectivity index (χ1) is 9.52. The van der Waals surface area contributed by atoms with Crippen LogP contribution in [0.25, 0.3) is 0 Å². The molecule has 0 radical (unpaired) electrons. The number of methoxy groups -OCH3 is 1. The fourth-order valence-electron chi connectivity index (χ4n) is 1.63. The zero-order valence-corrected chi connectivity index (χ0v) is 11.7. The second kappa shape index (κ2) is 5.83. The SMILES string of the molecule is COc1ccc(C(=O)O)c(OCc2ncc(Cl)n2C)c1. The van der Waals surface area contributed by atoms with Crippen molar-refractivity contribution in [1.82, 2.24) is 9.55 Å². The molecule has 20 heavy (non-hydrogen) atoms. The lowest BCUT2D eigenvalue weighted by molar-refractivity contribution is 0.0691. The topological polar surface area (TPSA) is 73.6 Å². The number of aromatic carboxylic acids is 1. The van der Waals surface area contributed by atoms with E-state index in [2.05, 4.69) is 4.98 Å². The Kier molecular flexibility index (Phi) is 4.14. The van der Waals surface area contributed by atoms with E-state index in [0.717, 1.165) is 0 Å². The van der Waals surface area contributed by atoms with Crippen molar-refractivity contribution < 1.29 is 19.4 Å². The third-order valence-electron chi connectivity index (χ3n) is 2.80. The first kappa shape index (κ1) is 14.2. The molecule has 0 saturated heterocycles. The molecule has 0 amide bonds. The highest BCUT2D eigenvalue weighted by molar-refractivity contribution is 6.29. The van der Waals surface area contributed by atoms with Gasteiger partial charge in [0.1, 0.15) is 34.6 Å². The molecule has 2 aromatic rings. The summed E-state index contributed by atoms with van der Waals surface area (Å²) in [7, 11) is 3.25. The van der Waals surface area contributed by atoms with E-state index in [9.17, 15) is 4.79 Å². The van der Waals surface area contributed by atoms with Gasteiger partial charge in [0.25, 0.3) is 0 Å². The average Bonchev–Trinajstić information content (AvgIpc) is 2.76. The number of aromatic nitrogens is 2. The van der Waals surface area contributed by atoms with E-state index in [-0.39, 0.29) is 17.9 Å². The van der Waals surface area contributed by atoms with Gasteiger partial charge in [-0.05, 0) is 12.1 Å². The van der Waals surface area contributed by atoms with Crippen LogP contribution in [0.5, 0.6) is 11.5 Å². The third kappa shape index (κ3) is 2.85. The van der Waals surface area contributed by atoms with Gasteiger partial charge in [-0.2, -0.15) is 0 Å². The summed E-state index contributed by atoms with van der Waals surface area (Å²) in [5.74, 6) is 0.258. The average molecular weight is 297 g/mol. The Morgan fingerprint density at radius 3 is 2.80 bits per heavy atom. The summed E-state index contributed by atoms with van der Waals surface area (Å²) in [6.07, 6.45) is 1.50. The zero-order valence-electron chi connectivity index (χ0n) is 11.0. The minimum Gasteiger partial charge on any atom is -0.497 e. The van der Waals surface area contributed by atoms with Crippen LogP contribution in [0, 0.1) is 0 Å². The Hall–Kier alpha value is -2.21. The van der Waals surface area contributed by atoms with Gasteiger partial charge in [0, 0.05) is 13.1 Å². The largest absolute Gasteiger partial charge is 0.497 e. The molecule has 0 saturated carbocycles. The Bertz CT molecular complexity index is 639. The minimum atomic E-state index is -1.07. The predicted octanol–water partition coefficient (Wildman–Crippen LogP) is 2.36. The number of imidazole rings is 1. The maximum atomic E-state index is 11.1. The molecule has 1 aromatic heterocycles. The summed E-state index contributed by atoms with van der Waals surface area (Å²) in [4.78, 5) is 15.2. The van der Waals surface area contributed by atoms with E-state index < -0.39 is 5.97 Å². The van der Waals surface area contributed by atoms with E-state index in [0.29, 0.717) is 16.7 Å². The van der Waals surface area contributed by atoms with Crippen molar-refractivity contribution in [3.8, 4) is 11.5 Å². The van der Waals surface area contributed by atoms with Gasteiger partial charge in [-0.3, -0.25) is 0 Å². The fourth-order valence-corrected chi connectivity index (χ4v) is 1.77. The van der Waals surface area contributed by atoms with Crippen LogP contribution in [0.1, 0.15) is 16.2 Å². The lowest BCUT2D eigenvalue weighted by Gasteiger charge is -2.10. The lowest BCUT2D eigenvalue weighted by atomic mass is 10.2. The van der Waals surface area contributed by atoms with E-state index in [1.807, 2.05) is 0 Å². The van der Waals surface area contributed by atoms with Gasteiger partial charge in [-0.15, -0.1) is 0 Å². The van der Waals surface area contributed by atoms with Gasteiger partial charge in [0.15, 0.2) is 0 Å². The van der Waals surface area contributed by atoms with Crippen molar-refractivity contribution in [3.63, 3.8) is 0 Å². The molecule has 0 aliphatic carbocycles. The van der Waals surface area contributed by atoms with E-state index in [4.69, 9.17) is 26.2 Å². The van der Waals surface area contributed by atoms with Crippen LogP contribution < -0.4 is 9.47 Å². The van der Waals surface area contributed by atoms with E-state index in [1.54, 1.807) is 17.7 Å². The van der Waals surface area contributed by atoms with Crippen molar-refractivity contribution in [2.24, 2.45) is 7.05 Å². The highest BCUT2D eigenvalue weighted by Crippen LogP contribution is 2.25. The number of ether oxygens (including phenoxy) is 2. The first-order valence-corrected chi connectivity index (χ1v) is 6.11. The minimum absolute atomic E-state index is 0.0612. The Morgan fingerprint density at radius 2 is 2.25 bits per heavy atom. The number of nitrogens with zero attached hydrogens (tertiary/aromatic N) is 2. The van der Waals surface area contributed by atoms with Crippen LogP contribution >= 0.6 is 11.6 Å². The van der Waals surface area contributed by atoms with Crippen molar-refractivity contribution in [1.29, 1.82) is 0 Å². The molecule has 1 heterocycles. The maximum Gasteiger partial charge on any atom is 0.339 e. The van der Waals surface area contributed by atoms with Gasteiger partial charge < -0.3 is 19.1 Å². The second-order valence-electron chi connectivity index (χ2n) is 4.01. The van der Waals surface area contributed by atoms with Crippen molar-refractivity contribution in [3.05, 3.63) is 40.9 Å². The highest BCUT2D eigenvalue weighted by atomic mass is 35.5. The van der Waals surface area contributed by atoms with Gasteiger partial charge in [-0.1, -0.05) is 11.6 Å². The number of halogens is 1. The summed E-state index contributed by atoms with van der Waals surface area (Å²) in [5, 5.41) is 9.60. The summed E-state index contributed by atoms with van der Waals surface area (Å²) in [6.45, 7) is 0.108. The molecule has 1 N–H and O–H groups in total. The number of carboxylic acid groups (broad SMARTS) is 1. The van der Waals surface area contributed by atoms with Crippen LogP contribution in [-0.4, -0.2) is 27.7 Å². The van der Waals surface area contributed by atoms with Crippen LogP contribution in [-0.2, 0) is 13.7 Å². The molecule has 7 heteroatoms. The highest BCUT2D eigenvalue weighted by Gasteiger charge is 2.14. The number of benzene rings is 1. The van der Waals surface area contributed by atoms with Crippen LogP contribution in [0.15, 0.2) is 24.4 Å². The van der Waals surface area contributed by atoms with Crippen LogP contribution in [0.4, 0.5) is 0 Å². The molecule has 0 unspecified atom stereocenters. The monoisotopic (exact) mass is 296 g/mol. The molecular weight excluding hydrogens is 284 g/mol. The van der Waals surface area contributed by atoms with Crippen molar-refractivity contribution in [2.75, 3.05) is 7.11 Å². The van der Waals surface area contributed by atoms with E-state index >= 15 is 0 Å². The molecule has 0 fully saturated rings. The zero-order chi connectivity index (χ0) is 14.7. The molecule has 0 aliphatic rings. The van der Waals surface area contributed by atoms with Gasteiger partial charge in [0.2, 0.25) is 0 Å². The normalized spacial score (nSPS) is 10.3. The lowest BCUT2D eigenvalue weighted by Crippen LogP contribution is -2.07. The summed E-state index contributed by atoms with van der Waals surface area (Å²) in [6, 6.07) is 4.52. The second-order valence-corrected chi connectivity index (χ2v) is 4.40. The first-order valence-electron chi connectivity index (χ1n) is 5.73. The molecule has 106 valence electrons. The van der Waals surface area contributed by atoms with Crippen LogP contribution in [0.2, 0.25) is 5.15 Å². The summed E-state index contributed by atoms with van der Waals surface area (Å²) < 4.78 is 12.2. The van der Waals surface area contributed by atoms with Gasteiger partial charge in [-0.25, -0.2) is 9.78 Å². The van der Waals surface area contributed by atoms with Crippen LogP contribution in [0.3, 0.4) is 0 Å². The number of carbonyl (C=O) groups is 1. The van der Waals surface area contributed by atoms with E-state index in [1.165, 1.54) is 25.4 Å². The molecule has 6 nitrogen and oxygen atoms in total. The number of carboxylic acids is 1. The molecule has 0 atom stereocenters. The molecular formula is C13H13ClN2O4. The summed E-state index contributed by atoms with van der Waals surface area (Å²) in [5.41, 5.74) is 0.0612. The summed E-state index contributed by atoms with van der Waals surface area (Å²) >= 11 is 5.87. The van der Waals surface area contributed by atoms with Crippen molar-refractivity contribution >= 4 is 17.6 Å². The van der Waals surface area contributed by atoms with Crippen molar-refractivity contribution in [2.45, 2.75) is 6.61 Å². The number of hydrogen-bond donors (Lipinski definition) is 1. The Balaban J connectivity index is 2.23. The molecule has 1 aromatic carbocycles. The molecule has 0 aliphatic heterocycles.